The van der Waals surface area contributed by atoms with Crippen molar-refractivity contribution >= 4 is 77.3 Å². The average Bonchev–Trinajstić information content (AvgIpc) is 3.63. The molecule has 0 radical (unpaired) electrons. The van der Waals surface area contributed by atoms with Crippen LogP contribution in [0.1, 0.15) is 49.4 Å². The topological polar surface area (TPSA) is 102 Å². The van der Waals surface area contributed by atoms with Crippen LogP contribution in [0.15, 0.2) is 24.3 Å². The summed E-state index contributed by atoms with van der Waals surface area (Å²) in [4.78, 5) is 45.5. The summed E-state index contributed by atoms with van der Waals surface area (Å²) in [5, 5.41) is 13.3. The third-order valence-corrected chi connectivity index (χ3v) is 8.27. The summed E-state index contributed by atoms with van der Waals surface area (Å²) in [5.74, 6) is -0.742. The quantitative estimate of drug-likeness (QED) is 0.469. The van der Waals surface area contributed by atoms with Crippen LogP contribution in [0.25, 0.3) is 0 Å². The van der Waals surface area contributed by atoms with E-state index in [0.29, 0.717) is 5.56 Å². The van der Waals surface area contributed by atoms with E-state index in [0.717, 1.165) is 70.5 Å². The number of fused-ring (bicyclic) bond motifs is 1. The second-order valence-corrected chi connectivity index (χ2v) is 10.6. The molecular weight excluding hydrogens is 589 g/mol. The van der Waals surface area contributed by atoms with Gasteiger partial charge in [0.15, 0.2) is 5.78 Å². The minimum atomic E-state index is -0.887. The first-order valence-corrected chi connectivity index (χ1v) is 13.5. The lowest BCUT2D eigenvalue weighted by atomic mass is 9.95. The van der Waals surface area contributed by atoms with E-state index in [9.17, 15) is 19.5 Å². The van der Waals surface area contributed by atoms with Crippen molar-refractivity contribution in [3.05, 3.63) is 29.8 Å². The fraction of sp³-hybridized carbons (Fsp3) is 0.667. The Balaban J connectivity index is 0.00000200. The van der Waals surface area contributed by atoms with E-state index < -0.39 is 24.3 Å². The molecule has 0 spiro atoms. The zero-order valence-corrected chi connectivity index (χ0v) is 27.1. The highest BCUT2D eigenvalue weighted by Gasteiger charge is 2.53. The van der Waals surface area contributed by atoms with Gasteiger partial charge in [0.05, 0.1) is 6.54 Å². The van der Waals surface area contributed by atoms with E-state index in [1.165, 1.54) is 4.90 Å². The van der Waals surface area contributed by atoms with Crippen molar-refractivity contribution in [3.63, 3.8) is 0 Å². The number of anilines is 1. The summed E-state index contributed by atoms with van der Waals surface area (Å²) >= 11 is 0. The summed E-state index contributed by atoms with van der Waals surface area (Å²) < 4.78 is 5.43. The van der Waals surface area contributed by atoms with E-state index in [1.807, 2.05) is 24.3 Å². The van der Waals surface area contributed by atoms with Gasteiger partial charge in [0.25, 0.3) is 5.91 Å². The number of β-amino-alcohol motifs (C(OH)–C–C–N with tert-alkyl or cyclic N) is 1. The van der Waals surface area contributed by atoms with Crippen LogP contribution in [0, 0.1) is 5.92 Å². The zero-order valence-electron chi connectivity index (χ0n) is 23.1. The number of aliphatic hydroxyl groups excluding tert-OH is 1. The number of hydrogen-bond acceptors (Lipinski definition) is 7. The first kappa shape index (κ1) is 36.9. The predicted octanol–water partition coefficient (Wildman–Crippen LogP) is 1.50. The highest BCUT2D eigenvalue weighted by Crippen LogP contribution is 2.33. The molecule has 4 aliphatic rings. The number of nitrogens with zero attached hydrogens (tertiary/aromatic N) is 3. The summed E-state index contributed by atoms with van der Waals surface area (Å²) in [6, 6.07) is 6.13. The molecule has 3 heterocycles. The average molecular weight is 635 g/mol. The van der Waals surface area contributed by atoms with Crippen LogP contribution in [0.5, 0.6) is 0 Å². The number of Topliss-reactive ketones (excluding diaryl/α,β-unsaturated/α-hetero) is 1. The number of hydrogen-bond donors (Lipinski definition) is 2. The molecule has 0 aromatic heterocycles. The summed E-state index contributed by atoms with van der Waals surface area (Å²) in [7, 11) is 0. The van der Waals surface area contributed by atoms with Crippen LogP contribution in [-0.4, -0.2) is 103 Å². The van der Waals surface area contributed by atoms with Crippen LogP contribution in [0.4, 0.5) is 5.69 Å². The Bertz CT molecular complexity index is 974. The van der Waals surface area contributed by atoms with Gasteiger partial charge in [-0.1, -0.05) is 19.8 Å². The van der Waals surface area contributed by atoms with Gasteiger partial charge in [-0.05, 0) is 56.0 Å². The number of piperazine rings is 1. The molecule has 9 nitrogen and oxygen atoms in total. The lowest BCUT2D eigenvalue weighted by molar-refractivity contribution is -0.139. The molecule has 0 unspecified atom stereocenters. The van der Waals surface area contributed by atoms with E-state index >= 15 is 0 Å². The maximum absolute atomic E-state index is 13.6. The third kappa shape index (κ3) is 7.84. The van der Waals surface area contributed by atoms with E-state index in [2.05, 4.69) is 22.0 Å². The van der Waals surface area contributed by atoms with Crippen LogP contribution in [0.2, 0.25) is 0 Å². The van der Waals surface area contributed by atoms with Gasteiger partial charge < -0.3 is 25.0 Å². The first-order chi connectivity index (χ1) is 17.5. The van der Waals surface area contributed by atoms with Gasteiger partial charge in [0.1, 0.15) is 30.9 Å². The lowest BCUT2D eigenvalue weighted by Gasteiger charge is -2.36. The number of aliphatic hydroxyl groups is 1. The number of carbonyl (C=O) groups is 3. The van der Waals surface area contributed by atoms with Crippen molar-refractivity contribution in [2.75, 3.05) is 50.8 Å². The van der Waals surface area contributed by atoms with Crippen molar-refractivity contribution in [1.82, 2.24) is 15.1 Å². The number of likely N-dealkylation sites (tertiary alicyclic amines) is 1. The van der Waals surface area contributed by atoms with Crippen LogP contribution in [-0.2, 0) is 14.3 Å². The number of benzene rings is 1. The molecular formula is C27H46N4O5S4. The van der Waals surface area contributed by atoms with Gasteiger partial charge in [-0.2, -0.15) is 54.0 Å². The molecule has 2 N–H and O–H groups in total. The largest absolute Gasteiger partial charge is 0.388 e. The Labute approximate surface area is 265 Å². The fourth-order valence-electron chi connectivity index (χ4n) is 6.30. The molecule has 3 aliphatic heterocycles. The summed E-state index contributed by atoms with van der Waals surface area (Å²) in [5.41, 5.74) is 1.61. The molecule has 40 heavy (non-hydrogen) atoms. The Kier molecular flexibility index (Phi) is 15.3. The number of rotatable bonds is 7. The van der Waals surface area contributed by atoms with E-state index in [4.69, 9.17) is 4.74 Å². The maximum atomic E-state index is 13.6. The van der Waals surface area contributed by atoms with Gasteiger partial charge >= 0.3 is 0 Å². The smallest absolute Gasteiger partial charge is 0.251 e. The highest BCUT2D eigenvalue weighted by atomic mass is 32.1. The van der Waals surface area contributed by atoms with Crippen molar-refractivity contribution < 1.29 is 24.2 Å². The molecule has 0 bridgehead atoms. The molecule has 1 aromatic rings. The number of ketones is 1. The van der Waals surface area contributed by atoms with Crippen LogP contribution < -0.4 is 10.2 Å². The van der Waals surface area contributed by atoms with Gasteiger partial charge in [0.2, 0.25) is 5.91 Å². The van der Waals surface area contributed by atoms with Crippen molar-refractivity contribution in [3.8, 4) is 0 Å². The van der Waals surface area contributed by atoms with Gasteiger partial charge in [-0.15, -0.1) is 0 Å². The van der Waals surface area contributed by atoms with Crippen molar-refractivity contribution in [2.24, 2.45) is 5.92 Å². The minimum Gasteiger partial charge on any atom is -0.388 e. The van der Waals surface area contributed by atoms with Gasteiger partial charge in [-0.3, -0.25) is 19.3 Å². The van der Waals surface area contributed by atoms with E-state index in [-0.39, 0.29) is 90.6 Å². The lowest BCUT2D eigenvalue weighted by Crippen LogP contribution is -2.54. The Morgan fingerprint density at radius 2 is 1.65 bits per heavy atom. The normalized spacial score (nSPS) is 25.1. The molecule has 1 aromatic carbocycles. The van der Waals surface area contributed by atoms with Crippen LogP contribution >= 0.6 is 54.0 Å². The highest BCUT2D eigenvalue weighted by molar-refractivity contribution is 7.59. The second kappa shape index (κ2) is 16.5. The molecule has 3 saturated heterocycles. The fourth-order valence-corrected chi connectivity index (χ4v) is 6.30. The molecule has 5 rings (SSSR count). The SMILES string of the molecule is CCCN1CCN(c2ccc(C(=O)N[C@H](C(=O)N3C[C@H](O)[C@H]4OCC(=O)[C@H]43)C3CCCC3)cc2)CC1.S.S.S.S. The second-order valence-electron chi connectivity index (χ2n) is 10.6. The van der Waals surface area contributed by atoms with Crippen LogP contribution in [0.3, 0.4) is 0 Å². The van der Waals surface area contributed by atoms with Crippen molar-refractivity contribution in [1.29, 1.82) is 0 Å². The van der Waals surface area contributed by atoms with E-state index in [1.54, 1.807) is 0 Å². The number of nitrogens with one attached hydrogen (secondary N) is 1. The molecule has 4 fully saturated rings. The molecule has 228 valence electrons. The number of amides is 2. The minimum absolute atomic E-state index is 0. The monoisotopic (exact) mass is 634 g/mol. The molecule has 13 heteroatoms. The number of carbonyl (C=O) groups excluding carboxylic acids is 3. The molecule has 1 aliphatic carbocycles. The molecule has 4 atom stereocenters. The standard InChI is InChI=1S/C27H38N4O5.4H2S/c1-2-11-29-12-14-30(15-13-29)20-9-7-19(8-10-20)26(34)28-23(18-5-3-4-6-18)27(35)31-16-21(32)25-24(31)22(33)17-36-25;;;;/h7-10,18,21,23-25,32H,2-6,11-17H2,1H3,(H,28,34);4*1H2/t21-,23-,24+,25+;;;;/m0..../s1. The van der Waals surface area contributed by atoms with Gasteiger partial charge in [0, 0.05) is 37.4 Å². The number of ether oxygens (including phenoxy) is 1. The Hall–Kier alpha value is -1.09. The first-order valence-electron chi connectivity index (χ1n) is 13.5. The molecule has 2 amide bonds. The maximum Gasteiger partial charge on any atom is 0.251 e. The van der Waals surface area contributed by atoms with Gasteiger partial charge in [-0.25, -0.2) is 0 Å². The summed E-state index contributed by atoms with van der Waals surface area (Å²) in [6.45, 7) is 7.33. The summed E-state index contributed by atoms with van der Waals surface area (Å²) in [6.07, 6.45) is 3.35. The predicted molar refractivity (Wildman–Crippen MR) is 176 cm³/mol. The Morgan fingerprint density at radius 1 is 1.02 bits per heavy atom. The van der Waals surface area contributed by atoms with Crippen molar-refractivity contribution in [2.45, 2.75) is 63.3 Å². The Morgan fingerprint density at radius 3 is 2.25 bits per heavy atom. The third-order valence-electron chi connectivity index (χ3n) is 8.27. The zero-order chi connectivity index (χ0) is 25.2. The molecule has 1 saturated carbocycles.